The van der Waals surface area contributed by atoms with E-state index in [4.69, 9.17) is 5.11 Å². The van der Waals surface area contributed by atoms with Gasteiger partial charge in [-0.3, -0.25) is 4.79 Å². The van der Waals surface area contributed by atoms with Crippen LogP contribution < -0.4 is 4.90 Å². The predicted molar refractivity (Wildman–Crippen MR) is 78.8 cm³/mol. The van der Waals surface area contributed by atoms with Crippen molar-refractivity contribution in [2.75, 3.05) is 4.90 Å². The van der Waals surface area contributed by atoms with Gasteiger partial charge in [-0.25, -0.2) is 19.4 Å². The summed E-state index contributed by atoms with van der Waals surface area (Å²) >= 11 is 0. The molecule has 1 heterocycles. The molecule has 2 bridgehead atoms. The van der Waals surface area contributed by atoms with Gasteiger partial charge in [-0.15, -0.1) is 0 Å². The first kappa shape index (κ1) is 16.9. The van der Waals surface area contributed by atoms with Crippen LogP contribution in [0.4, 0.5) is 11.4 Å². The van der Waals surface area contributed by atoms with Crippen molar-refractivity contribution in [1.29, 1.82) is 0 Å². The molecule has 126 valence electrons. The zero-order valence-corrected chi connectivity index (χ0v) is 12.0. The van der Waals surface area contributed by atoms with Gasteiger partial charge in [0.25, 0.3) is 0 Å². The first-order valence-corrected chi connectivity index (χ1v) is 6.60. The van der Waals surface area contributed by atoms with Crippen molar-refractivity contribution in [2.24, 2.45) is 4.99 Å². The normalized spacial score (nSPS) is 17.4. The summed E-state index contributed by atoms with van der Waals surface area (Å²) in [7, 11) is 0. The standard InChI is InChI=1S/C14H12N2O8/c17-9(18)5-8(12(19)20)16-7-3-1-2-6(4-7)15-10(13(21)22)11(16)14(23)24/h1-4,8,11H,5H2,(H,17,18)(H,19,20)(H,21,22)(H,23,24)/t8-,11-/m0/s1. The summed E-state index contributed by atoms with van der Waals surface area (Å²) in [5.74, 6) is -6.37. The fraction of sp³-hybridized carbons (Fsp3) is 0.214. The SMILES string of the molecule is O=C(O)C[C@@H](C(=O)O)N1c2cccc(c2)N=C(C(=O)O)[C@H]1C(=O)O. The second-order valence-electron chi connectivity index (χ2n) is 4.92. The highest BCUT2D eigenvalue weighted by atomic mass is 16.4. The highest BCUT2D eigenvalue weighted by Crippen LogP contribution is 2.31. The number of rotatable bonds is 6. The Morgan fingerprint density at radius 1 is 1.12 bits per heavy atom. The van der Waals surface area contributed by atoms with E-state index in [-0.39, 0.29) is 11.4 Å². The summed E-state index contributed by atoms with van der Waals surface area (Å²) in [4.78, 5) is 50.0. The van der Waals surface area contributed by atoms with Gasteiger partial charge in [0.15, 0.2) is 11.8 Å². The number of aliphatic carboxylic acids is 4. The summed E-state index contributed by atoms with van der Waals surface area (Å²) in [5.41, 5.74) is -0.632. The molecular formula is C14H12N2O8. The summed E-state index contributed by atoms with van der Waals surface area (Å²) < 4.78 is 0. The monoisotopic (exact) mass is 336 g/mol. The summed E-state index contributed by atoms with van der Waals surface area (Å²) in [6.07, 6.45) is -0.920. The topological polar surface area (TPSA) is 165 Å². The van der Waals surface area contributed by atoms with Crippen LogP contribution in [0.15, 0.2) is 29.3 Å². The van der Waals surface area contributed by atoms with Gasteiger partial charge in [0.1, 0.15) is 6.04 Å². The van der Waals surface area contributed by atoms with E-state index in [2.05, 4.69) is 4.99 Å². The van der Waals surface area contributed by atoms with Crippen LogP contribution in [0.25, 0.3) is 0 Å². The molecule has 2 rings (SSSR count). The molecule has 1 aliphatic heterocycles. The van der Waals surface area contributed by atoms with Crippen LogP contribution in [0.1, 0.15) is 6.42 Å². The minimum Gasteiger partial charge on any atom is -0.481 e. The van der Waals surface area contributed by atoms with Crippen molar-refractivity contribution in [3.8, 4) is 0 Å². The molecule has 0 saturated heterocycles. The van der Waals surface area contributed by atoms with Crippen LogP contribution in [0, 0.1) is 0 Å². The first-order chi connectivity index (χ1) is 11.2. The molecule has 24 heavy (non-hydrogen) atoms. The van der Waals surface area contributed by atoms with Gasteiger partial charge in [-0.1, -0.05) is 6.07 Å². The van der Waals surface area contributed by atoms with Crippen LogP contribution in [-0.2, 0) is 19.2 Å². The maximum atomic E-state index is 11.6. The molecule has 4 N–H and O–H groups in total. The van der Waals surface area contributed by atoms with E-state index in [1.54, 1.807) is 0 Å². The summed E-state index contributed by atoms with van der Waals surface area (Å²) in [5, 5.41) is 37.0. The number of anilines is 1. The van der Waals surface area contributed by atoms with Gasteiger partial charge >= 0.3 is 23.9 Å². The second-order valence-corrected chi connectivity index (χ2v) is 4.92. The van der Waals surface area contributed by atoms with E-state index in [9.17, 15) is 34.5 Å². The van der Waals surface area contributed by atoms with E-state index in [1.165, 1.54) is 24.3 Å². The third kappa shape index (κ3) is 3.16. The predicted octanol–water partition coefficient (Wildman–Crippen LogP) is 0.0448. The van der Waals surface area contributed by atoms with E-state index >= 15 is 0 Å². The molecule has 0 radical (unpaired) electrons. The number of nitrogens with zero attached hydrogens (tertiary/aromatic N) is 2. The zero-order valence-electron chi connectivity index (χ0n) is 12.0. The van der Waals surface area contributed by atoms with Gasteiger partial charge in [0, 0.05) is 5.69 Å². The minimum absolute atomic E-state index is 0.0496. The Labute approximate surface area is 134 Å². The molecule has 0 aromatic heterocycles. The van der Waals surface area contributed by atoms with Gasteiger partial charge in [0.05, 0.1) is 12.1 Å². The van der Waals surface area contributed by atoms with Crippen molar-refractivity contribution in [1.82, 2.24) is 0 Å². The highest BCUT2D eigenvalue weighted by Gasteiger charge is 2.43. The van der Waals surface area contributed by atoms with Crippen LogP contribution in [0.2, 0.25) is 0 Å². The van der Waals surface area contributed by atoms with Crippen molar-refractivity contribution in [2.45, 2.75) is 18.5 Å². The lowest BCUT2D eigenvalue weighted by Gasteiger charge is -2.33. The molecule has 1 aliphatic rings. The van der Waals surface area contributed by atoms with Gasteiger partial charge in [-0.2, -0.15) is 0 Å². The number of carboxylic acid groups (broad SMARTS) is 4. The number of carboxylic acids is 4. The van der Waals surface area contributed by atoms with Crippen LogP contribution in [-0.4, -0.2) is 62.1 Å². The number of hydrogen-bond donors (Lipinski definition) is 4. The molecule has 1 aromatic carbocycles. The quantitative estimate of drug-likeness (QED) is 0.561. The Bertz CT molecular complexity index is 757. The largest absolute Gasteiger partial charge is 0.481 e. The third-order valence-corrected chi connectivity index (χ3v) is 3.36. The molecule has 0 spiro atoms. The maximum Gasteiger partial charge on any atom is 0.353 e. The fourth-order valence-electron chi connectivity index (χ4n) is 2.43. The highest BCUT2D eigenvalue weighted by molar-refractivity contribution is 6.43. The average molecular weight is 336 g/mol. The Morgan fingerprint density at radius 3 is 2.29 bits per heavy atom. The van der Waals surface area contributed by atoms with Crippen LogP contribution in [0.3, 0.4) is 0 Å². The van der Waals surface area contributed by atoms with Crippen molar-refractivity contribution < 1.29 is 39.6 Å². The number of fused-ring (bicyclic) bond motifs is 2. The molecule has 1 aromatic rings. The molecule has 10 nitrogen and oxygen atoms in total. The third-order valence-electron chi connectivity index (χ3n) is 3.36. The molecule has 2 atom stereocenters. The second kappa shape index (κ2) is 6.36. The van der Waals surface area contributed by atoms with Crippen LogP contribution >= 0.6 is 0 Å². The van der Waals surface area contributed by atoms with Crippen molar-refractivity contribution in [3.63, 3.8) is 0 Å². The average Bonchev–Trinajstić information content (AvgIpc) is 2.58. The van der Waals surface area contributed by atoms with Gasteiger partial charge in [0.2, 0.25) is 0 Å². The van der Waals surface area contributed by atoms with Gasteiger partial charge < -0.3 is 25.3 Å². The lowest BCUT2D eigenvalue weighted by Crippen LogP contribution is -2.56. The Balaban J connectivity index is 2.70. The van der Waals surface area contributed by atoms with E-state index < -0.39 is 48.1 Å². The molecule has 10 heteroatoms. The molecular weight excluding hydrogens is 324 g/mol. The van der Waals surface area contributed by atoms with E-state index in [0.29, 0.717) is 0 Å². The minimum atomic E-state index is -1.96. The molecule has 0 aliphatic carbocycles. The lowest BCUT2D eigenvalue weighted by atomic mass is 10.0. The maximum absolute atomic E-state index is 11.6. The number of carbonyl (C=O) groups is 4. The Morgan fingerprint density at radius 2 is 1.79 bits per heavy atom. The number of hydrogen-bond acceptors (Lipinski definition) is 6. The van der Waals surface area contributed by atoms with Crippen molar-refractivity contribution in [3.05, 3.63) is 24.3 Å². The fourth-order valence-corrected chi connectivity index (χ4v) is 2.43. The van der Waals surface area contributed by atoms with E-state index in [0.717, 1.165) is 4.90 Å². The molecule has 0 saturated carbocycles. The smallest absolute Gasteiger partial charge is 0.353 e. The summed E-state index contributed by atoms with van der Waals surface area (Å²) in [6.45, 7) is 0. The zero-order chi connectivity index (χ0) is 18.0. The van der Waals surface area contributed by atoms with Crippen LogP contribution in [0.5, 0.6) is 0 Å². The Kier molecular flexibility index (Phi) is 4.49. The molecule has 0 unspecified atom stereocenters. The number of aliphatic imine (C=N–C) groups is 1. The Hall–Kier alpha value is -3.43. The van der Waals surface area contributed by atoms with E-state index in [1.807, 2.05) is 0 Å². The lowest BCUT2D eigenvalue weighted by molar-refractivity contribution is -0.146. The molecule has 0 amide bonds. The van der Waals surface area contributed by atoms with Crippen molar-refractivity contribution >= 4 is 41.0 Å². The van der Waals surface area contributed by atoms with Gasteiger partial charge in [-0.05, 0) is 18.2 Å². The number of benzene rings is 1. The summed E-state index contributed by atoms with van der Waals surface area (Å²) in [6, 6.07) is 1.76. The first-order valence-electron chi connectivity index (χ1n) is 6.60. The molecule has 0 fully saturated rings.